The average Bonchev–Trinajstić information content (AvgIpc) is 2.68. The molecule has 0 aromatic carbocycles. The second kappa shape index (κ2) is 10.1. The van der Waals surface area contributed by atoms with Gasteiger partial charge in [0.15, 0.2) is 5.96 Å². The van der Waals surface area contributed by atoms with Crippen LogP contribution in [0, 0.1) is 0 Å². The number of nitrogens with zero attached hydrogens (tertiary/aromatic N) is 2. The Morgan fingerprint density at radius 2 is 2.11 bits per heavy atom. The topological polar surface area (TPSA) is 85.8 Å². The van der Waals surface area contributed by atoms with Gasteiger partial charge in [-0.05, 0) is 6.26 Å². The van der Waals surface area contributed by atoms with E-state index in [1.54, 1.807) is 18.8 Å². The van der Waals surface area contributed by atoms with E-state index < -0.39 is 0 Å². The summed E-state index contributed by atoms with van der Waals surface area (Å²) in [5.74, 6) is 1.48. The van der Waals surface area contributed by atoms with Gasteiger partial charge in [0.05, 0.1) is 6.54 Å². The highest BCUT2D eigenvalue weighted by atomic mass is 127. The Hall–Kier alpha value is -0.710. The molecule has 7 nitrogen and oxygen atoms in total. The highest BCUT2D eigenvalue weighted by molar-refractivity contribution is 14.0. The number of imide groups is 1. The van der Waals surface area contributed by atoms with E-state index in [1.165, 1.54) is 4.90 Å². The van der Waals surface area contributed by atoms with Crippen LogP contribution in [0.25, 0.3) is 0 Å². The number of carbonyl (C=O) groups is 2. The predicted octanol–water partition coefficient (Wildman–Crippen LogP) is -0.316. The van der Waals surface area contributed by atoms with Gasteiger partial charge in [-0.3, -0.25) is 14.7 Å². The number of urea groups is 1. The molecule has 0 saturated carbocycles. The van der Waals surface area contributed by atoms with Crippen LogP contribution < -0.4 is 16.0 Å². The van der Waals surface area contributed by atoms with Gasteiger partial charge in [0.25, 0.3) is 0 Å². The van der Waals surface area contributed by atoms with Crippen LogP contribution in [0.15, 0.2) is 4.99 Å². The Balaban J connectivity index is 0.00000324. The van der Waals surface area contributed by atoms with Crippen molar-refractivity contribution in [1.29, 1.82) is 0 Å². The van der Waals surface area contributed by atoms with E-state index in [0.717, 1.165) is 12.3 Å². The Labute approximate surface area is 134 Å². The molecule has 110 valence electrons. The fourth-order valence-corrected chi connectivity index (χ4v) is 1.77. The molecule has 1 heterocycles. The number of hydrogen-bond donors (Lipinski definition) is 3. The lowest BCUT2D eigenvalue weighted by molar-refractivity contribution is -0.124. The first-order chi connectivity index (χ1) is 8.69. The maximum Gasteiger partial charge on any atom is 0.324 e. The van der Waals surface area contributed by atoms with Crippen molar-refractivity contribution in [1.82, 2.24) is 20.9 Å². The summed E-state index contributed by atoms with van der Waals surface area (Å²) in [5, 5.41) is 8.66. The highest BCUT2D eigenvalue weighted by Gasteiger charge is 2.27. The number of carbonyl (C=O) groups excluding carboxylic acids is 2. The molecule has 0 radical (unpaired) electrons. The van der Waals surface area contributed by atoms with Crippen LogP contribution >= 0.6 is 35.7 Å². The summed E-state index contributed by atoms with van der Waals surface area (Å²) in [4.78, 5) is 27.8. The van der Waals surface area contributed by atoms with E-state index in [2.05, 4.69) is 20.9 Å². The van der Waals surface area contributed by atoms with Gasteiger partial charge < -0.3 is 16.0 Å². The van der Waals surface area contributed by atoms with Crippen LogP contribution in [0.4, 0.5) is 4.79 Å². The number of aliphatic imine (C=N–C) groups is 1. The van der Waals surface area contributed by atoms with Gasteiger partial charge in [0.2, 0.25) is 5.91 Å². The lowest BCUT2D eigenvalue weighted by Crippen LogP contribution is -2.43. The largest absolute Gasteiger partial charge is 0.356 e. The van der Waals surface area contributed by atoms with Crippen molar-refractivity contribution in [2.45, 2.75) is 0 Å². The van der Waals surface area contributed by atoms with Gasteiger partial charge in [-0.2, -0.15) is 11.8 Å². The van der Waals surface area contributed by atoms with Crippen LogP contribution in [-0.4, -0.2) is 68.0 Å². The average molecular weight is 401 g/mol. The molecule has 0 bridgehead atoms. The number of thioether (sulfide) groups is 1. The van der Waals surface area contributed by atoms with E-state index in [4.69, 9.17) is 0 Å². The van der Waals surface area contributed by atoms with E-state index >= 15 is 0 Å². The van der Waals surface area contributed by atoms with Gasteiger partial charge in [-0.25, -0.2) is 4.79 Å². The number of halogens is 1. The fourth-order valence-electron chi connectivity index (χ4n) is 1.46. The Morgan fingerprint density at radius 3 is 2.63 bits per heavy atom. The van der Waals surface area contributed by atoms with E-state index in [-0.39, 0.29) is 42.5 Å². The first-order valence-electron chi connectivity index (χ1n) is 5.70. The second-order valence-corrected chi connectivity index (χ2v) is 4.61. The molecule has 0 atom stereocenters. The van der Waals surface area contributed by atoms with Crippen LogP contribution in [0.5, 0.6) is 0 Å². The third-order valence-electron chi connectivity index (χ3n) is 2.39. The maximum atomic E-state index is 11.3. The van der Waals surface area contributed by atoms with Crippen molar-refractivity contribution in [3.05, 3.63) is 0 Å². The molecule has 1 rings (SSSR count). The summed E-state index contributed by atoms with van der Waals surface area (Å²) in [6, 6.07) is -0.327. The second-order valence-electron chi connectivity index (χ2n) is 3.62. The standard InChI is InChI=1S/C10H19N5O2S.HI/c1-11-9(13-4-6-18-2)12-3-5-15-8(16)7-14-10(15)17;/h3-7H2,1-2H3,(H,14,17)(H2,11,12,13);1H. The lowest BCUT2D eigenvalue weighted by atomic mass is 10.5. The predicted molar refractivity (Wildman–Crippen MR) is 88.3 cm³/mol. The summed E-state index contributed by atoms with van der Waals surface area (Å²) < 4.78 is 0. The summed E-state index contributed by atoms with van der Waals surface area (Å²) >= 11 is 1.75. The molecule has 9 heteroatoms. The molecule has 3 amide bonds. The maximum absolute atomic E-state index is 11.3. The molecule has 3 N–H and O–H groups in total. The fraction of sp³-hybridized carbons (Fsp3) is 0.700. The van der Waals surface area contributed by atoms with Crippen molar-refractivity contribution in [2.24, 2.45) is 4.99 Å². The van der Waals surface area contributed by atoms with Crippen LogP contribution in [0.1, 0.15) is 0 Å². The van der Waals surface area contributed by atoms with Gasteiger partial charge in [-0.15, -0.1) is 24.0 Å². The van der Waals surface area contributed by atoms with Gasteiger partial charge >= 0.3 is 6.03 Å². The molecule has 1 saturated heterocycles. The third kappa shape index (κ3) is 6.32. The van der Waals surface area contributed by atoms with Crippen LogP contribution in [-0.2, 0) is 4.79 Å². The van der Waals surface area contributed by atoms with Gasteiger partial charge in [-0.1, -0.05) is 0 Å². The molecular formula is C10H20IN5O2S. The summed E-state index contributed by atoms with van der Waals surface area (Å²) in [7, 11) is 1.68. The summed E-state index contributed by atoms with van der Waals surface area (Å²) in [6.45, 7) is 1.75. The van der Waals surface area contributed by atoms with E-state index in [9.17, 15) is 9.59 Å². The molecule has 19 heavy (non-hydrogen) atoms. The minimum absolute atomic E-state index is 0. The van der Waals surface area contributed by atoms with Crippen LogP contribution in [0.3, 0.4) is 0 Å². The smallest absolute Gasteiger partial charge is 0.324 e. The molecule has 0 unspecified atom stereocenters. The number of hydrogen-bond acceptors (Lipinski definition) is 4. The quantitative estimate of drug-likeness (QED) is 0.187. The molecule has 0 aliphatic carbocycles. The molecular weight excluding hydrogens is 381 g/mol. The monoisotopic (exact) mass is 401 g/mol. The SMILES string of the molecule is CN=C(NCCSC)NCCN1C(=O)CNC1=O.I. The van der Waals surface area contributed by atoms with E-state index in [0.29, 0.717) is 19.0 Å². The minimum Gasteiger partial charge on any atom is -0.356 e. The number of nitrogens with one attached hydrogen (secondary N) is 3. The van der Waals surface area contributed by atoms with Crippen LogP contribution in [0.2, 0.25) is 0 Å². The van der Waals surface area contributed by atoms with Gasteiger partial charge in [0.1, 0.15) is 0 Å². The molecule has 1 fully saturated rings. The zero-order valence-electron chi connectivity index (χ0n) is 11.1. The van der Waals surface area contributed by atoms with Crippen molar-refractivity contribution >= 4 is 53.6 Å². The Kier molecular flexibility index (Phi) is 9.74. The van der Waals surface area contributed by atoms with E-state index in [1.807, 2.05) is 6.26 Å². The van der Waals surface area contributed by atoms with Crippen molar-refractivity contribution in [3.63, 3.8) is 0 Å². The zero-order chi connectivity index (χ0) is 13.4. The minimum atomic E-state index is -0.327. The zero-order valence-corrected chi connectivity index (χ0v) is 14.2. The van der Waals surface area contributed by atoms with Crippen molar-refractivity contribution < 1.29 is 9.59 Å². The van der Waals surface area contributed by atoms with Gasteiger partial charge in [0, 0.05) is 32.4 Å². The Morgan fingerprint density at radius 1 is 1.42 bits per heavy atom. The Bertz CT molecular complexity index is 324. The molecule has 1 aliphatic heterocycles. The molecule has 0 aromatic heterocycles. The molecule has 0 spiro atoms. The van der Waals surface area contributed by atoms with Crippen molar-refractivity contribution in [3.8, 4) is 0 Å². The normalized spacial score (nSPS) is 15.1. The van der Waals surface area contributed by atoms with Crippen molar-refractivity contribution in [2.75, 3.05) is 45.2 Å². The number of guanidine groups is 1. The molecule has 0 aromatic rings. The molecule has 1 aliphatic rings. The lowest BCUT2D eigenvalue weighted by Gasteiger charge is -2.15. The number of amides is 3. The highest BCUT2D eigenvalue weighted by Crippen LogP contribution is 1.96. The summed E-state index contributed by atoms with van der Waals surface area (Å²) in [6.07, 6.45) is 2.04. The third-order valence-corrected chi connectivity index (χ3v) is 3.00. The summed E-state index contributed by atoms with van der Waals surface area (Å²) in [5.41, 5.74) is 0. The first kappa shape index (κ1) is 18.3. The number of rotatable bonds is 6. The first-order valence-corrected chi connectivity index (χ1v) is 7.10.